The van der Waals surface area contributed by atoms with E-state index in [4.69, 9.17) is 9.47 Å². The lowest BCUT2D eigenvalue weighted by Gasteiger charge is -2.25. The van der Waals surface area contributed by atoms with Gasteiger partial charge in [0.1, 0.15) is 18.0 Å². The second-order valence-electron chi connectivity index (χ2n) is 7.42. The van der Waals surface area contributed by atoms with Crippen molar-refractivity contribution in [2.75, 3.05) is 6.61 Å². The average molecular weight is 440 g/mol. The molecule has 1 N–H and O–H groups in total. The van der Waals surface area contributed by atoms with Gasteiger partial charge in [0.05, 0.1) is 11.6 Å². The Kier molecular flexibility index (Phi) is 7.80. The number of nitrogens with one attached hydrogen (secondary N) is 1. The summed E-state index contributed by atoms with van der Waals surface area (Å²) in [7, 11) is 0. The maximum absolute atomic E-state index is 13.2. The first kappa shape index (κ1) is 22.6. The number of alkyl halides is 3. The molecule has 1 atom stereocenters. The molecule has 0 aliphatic rings. The van der Waals surface area contributed by atoms with Crippen LogP contribution in [0.3, 0.4) is 0 Å². The van der Waals surface area contributed by atoms with Crippen LogP contribution in [-0.2, 0) is 10.9 Å². The Bertz CT molecular complexity index is 613. The molecule has 1 aromatic rings. The topological polar surface area (TPSA) is 47.6 Å². The lowest BCUT2D eigenvalue weighted by Crippen LogP contribution is -2.42. The number of hydrogen-bond donors (Lipinski definition) is 1. The molecule has 0 aliphatic heterocycles. The van der Waals surface area contributed by atoms with Gasteiger partial charge in [-0.05, 0) is 51.3 Å². The third-order valence-corrected chi connectivity index (χ3v) is 3.66. The van der Waals surface area contributed by atoms with Crippen molar-refractivity contribution in [2.45, 2.75) is 58.9 Å². The molecular formula is C18H25BrF3NO3. The molecule has 0 aliphatic carbocycles. The Labute approximate surface area is 160 Å². The highest BCUT2D eigenvalue weighted by Crippen LogP contribution is 2.38. The fourth-order valence-corrected chi connectivity index (χ4v) is 2.61. The van der Waals surface area contributed by atoms with Crippen LogP contribution in [0, 0.1) is 5.92 Å². The van der Waals surface area contributed by atoms with E-state index in [-0.39, 0.29) is 18.3 Å². The lowest BCUT2D eigenvalue weighted by molar-refractivity contribution is -0.139. The van der Waals surface area contributed by atoms with Crippen LogP contribution in [0.1, 0.15) is 46.6 Å². The van der Waals surface area contributed by atoms with E-state index >= 15 is 0 Å². The van der Waals surface area contributed by atoms with E-state index in [9.17, 15) is 18.0 Å². The van der Waals surface area contributed by atoms with Gasteiger partial charge in [0, 0.05) is 4.47 Å². The summed E-state index contributed by atoms with van der Waals surface area (Å²) in [5.74, 6) is -0.0639. The first-order valence-electron chi connectivity index (χ1n) is 8.27. The van der Waals surface area contributed by atoms with Gasteiger partial charge in [-0.15, -0.1) is 0 Å². The van der Waals surface area contributed by atoms with Crippen molar-refractivity contribution < 1.29 is 27.4 Å². The normalized spacial score (nSPS) is 13.5. The third-order valence-electron chi connectivity index (χ3n) is 3.16. The molecule has 148 valence electrons. The summed E-state index contributed by atoms with van der Waals surface area (Å²) < 4.78 is 50.4. The number of carbonyl (C=O) groups excluding carboxylic acids is 1. The predicted molar refractivity (Wildman–Crippen MR) is 97.3 cm³/mol. The highest BCUT2D eigenvalue weighted by atomic mass is 79.9. The van der Waals surface area contributed by atoms with Crippen LogP contribution < -0.4 is 10.1 Å². The van der Waals surface area contributed by atoms with Gasteiger partial charge in [0.15, 0.2) is 0 Å². The van der Waals surface area contributed by atoms with Crippen molar-refractivity contribution in [1.82, 2.24) is 5.32 Å². The standard InChI is InChI=1S/C18H25BrF3NO3/c1-11(2)8-13(23-16(24)26-17(3,4)5)10-25-15-7-6-12(19)9-14(15)18(20,21)22/h6-7,9,11,13H,8,10H2,1-5H3,(H,23,24)/t13-/m0/s1. The minimum Gasteiger partial charge on any atom is -0.491 e. The second-order valence-corrected chi connectivity index (χ2v) is 8.34. The molecule has 0 aromatic heterocycles. The maximum atomic E-state index is 13.2. The molecule has 0 bridgehead atoms. The molecule has 4 nitrogen and oxygen atoms in total. The minimum absolute atomic E-state index is 0.0951. The van der Waals surface area contributed by atoms with Gasteiger partial charge >= 0.3 is 12.3 Å². The van der Waals surface area contributed by atoms with Crippen LogP contribution in [-0.4, -0.2) is 24.3 Å². The molecule has 8 heteroatoms. The van der Waals surface area contributed by atoms with E-state index in [1.165, 1.54) is 12.1 Å². The quantitative estimate of drug-likeness (QED) is 0.610. The van der Waals surface area contributed by atoms with Crippen molar-refractivity contribution in [2.24, 2.45) is 5.92 Å². The van der Waals surface area contributed by atoms with Gasteiger partial charge < -0.3 is 14.8 Å². The summed E-state index contributed by atoms with van der Waals surface area (Å²) in [6.07, 6.45) is -4.62. The number of ether oxygens (including phenoxy) is 2. The molecule has 0 spiro atoms. The molecular weight excluding hydrogens is 415 g/mol. The Morgan fingerprint density at radius 2 is 1.85 bits per heavy atom. The molecule has 0 radical (unpaired) electrons. The van der Waals surface area contributed by atoms with Crippen molar-refractivity contribution >= 4 is 22.0 Å². The van der Waals surface area contributed by atoms with Gasteiger partial charge in [-0.2, -0.15) is 13.2 Å². The Balaban J connectivity index is 2.86. The van der Waals surface area contributed by atoms with E-state index < -0.39 is 29.5 Å². The average Bonchev–Trinajstić information content (AvgIpc) is 2.41. The predicted octanol–water partition coefficient (Wildman–Crippen LogP) is 5.79. The van der Waals surface area contributed by atoms with Crippen LogP contribution >= 0.6 is 15.9 Å². The van der Waals surface area contributed by atoms with Gasteiger partial charge in [-0.1, -0.05) is 29.8 Å². The zero-order valence-electron chi connectivity index (χ0n) is 15.5. The Hall–Kier alpha value is -1.44. The third kappa shape index (κ3) is 8.29. The molecule has 1 aromatic carbocycles. The Morgan fingerprint density at radius 1 is 1.23 bits per heavy atom. The van der Waals surface area contributed by atoms with Crippen molar-refractivity contribution in [1.29, 1.82) is 0 Å². The summed E-state index contributed by atoms with van der Waals surface area (Å²) in [5, 5.41) is 2.67. The fraction of sp³-hybridized carbons (Fsp3) is 0.611. The van der Waals surface area contributed by atoms with Crippen LogP contribution in [0.25, 0.3) is 0 Å². The van der Waals surface area contributed by atoms with Crippen LogP contribution in [0.2, 0.25) is 0 Å². The van der Waals surface area contributed by atoms with E-state index in [0.717, 1.165) is 6.07 Å². The zero-order valence-corrected chi connectivity index (χ0v) is 17.1. The fourth-order valence-electron chi connectivity index (χ4n) is 2.25. The number of benzene rings is 1. The molecule has 1 rings (SSSR count). The van der Waals surface area contributed by atoms with Crippen molar-refractivity contribution in [3.05, 3.63) is 28.2 Å². The molecule has 26 heavy (non-hydrogen) atoms. The molecule has 0 saturated carbocycles. The lowest BCUT2D eigenvalue weighted by atomic mass is 10.0. The van der Waals surface area contributed by atoms with E-state index in [1.807, 2.05) is 13.8 Å². The summed E-state index contributed by atoms with van der Waals surface area (Å²) >= 11 is 3.03. The smallest absolute Gasteiger partial charge is 0.420 e. The van der Waals surface area contributed by atoms with Gasteiger partial charge in [0.25, 0.3) is 0 Å². The number of amides is 1. The summed E-state index contributed by atoms with van der Waals surface area (Å²) in [5.41, 5.74) is -1.53. The number of carbonyl (C=O) groups is 1. The van der Waals surface area contributed by atoms with Crippen molar-refractivity contribution in [3.8, 4) is 5.75 Å². The molecule has 1 amide bonds. The first-order chi connectivity index (χ1) is 11.8. The van der Waals surface area contributed by atoms with Gasteiger partial charge in [-0.25, -0.2) is 4.79 Å². The Morgan fingerprint density at radius 3 is 2.35 bits per heavy atom. The number of alkyl carbamates (subject to hydrolysis) is 1. The second kappa shape index (κ2) is 8.97. The number of hydrogen-bond acceptors (Lipinski definition) is 3. The molecule has 0 heterocycles. The van der Waals surface area contributed by atoms with E-state index in [1.54, 1.807) is 20.8 Å². The highest BCUT2D eigenvalue weighted by Gasteiger charge is 2.35. The monoisotopic (exact) mass is 439 g/mol. The van der Waals surface area contributed by atoms with E-state index in [2.05, 4.69) is 21.2 Å². The molecule has 0 fully saturated rings. The SMILES string of the molecule is CC(C)C[C@@H](COc1ccc(Br)cc1C(F)(F)F)NC(=O)OC(C)(C)C. The van der Waals surface area contributed by atoms with Crippen LogP contribution in [0.4, 0.5) is 18.0 Å². The number of rotatable bonds is 6. The highest BCUT2D eigenvalue weighted by molar-refractivity contribution is 9.10. The maximum Gasteiger partial charge on any atom is 0.420 e. The molecule has 0 unspecified atom stereocenters. The van der Waals surface area contributed by atoms with Gasteiger partial charge in [0.2, 0.25) is 0 Å². The number of halogens is 4. The largest absolute Gasteiger partial charge is 0.491 e. The first-order valence-corrected chi connectivity index (χ1v) is 9.06. The summed E-state index contributed by atoms with van der Waals surface area (Å²) in [4.78, 5) is 12.0. The zero-order chi connectivity index (χ0) is 20.1. The van der Waals surface area contributed by atoms with Crippen molar-refractivity contribution in [3.63, 3.8) is 0 Å². The van der Waals surface area contributed by atoms with Gasteiger partial charge in [-0.3, -0.25) is 0 Å². The summed E-state index contributed by atoms with van der Waals surface area (Å²) in [6, 6.07) is 3.22. The molecule has 0 saturated heterocycles. The summed E-state index contributed by atoms with van der Waals surface area (Å²) in [6.45, 7) is 9.01. The van der Waals surface area contributed by atoms with Crippen LogP contribution in [0.15, 0.2) is 22.7 Å². The van der Waals surface area contributed by atoms with E-state index in [0.29, 0.717) is 10.9 Å². The van der Waals surface area contributed by atoms with Crippen LogP contribution in [0.5, 0.6) is 5.75 Å². The minimum atomic E-state index is -4.54.